The van der Waals surface area contributed by atoms with E-state index in [-0.39, 0.29) is 6.10 Å². The average Bonchev–Trinajstić information content (AvgIpc) is 2.25. The van der Waals surface area contributed by atoms with Gasteiger partial charge in [0.15, 0.2) is 0 Å². The summed E-state index contributed by atoms with van der Waals surface area (Å²) in [6, 6.07) is 7.64. The zero-order valence-corrected chi connectivity index (χ0v) is 12.3. The van der Waals surface area contributed by atoms with Crippen LogP contribution in [-0.4, -0.2) is 17.8 Å². The maximum absolute atomic E-state index is 11.5. The Morgan fingerprint density at radius 1 is 1.21 bits per heavy atom. The van der Waals surface area contributed by atoms with E-state index in [1.807, 2.05) is 58.9 Å². The van der Waals surface area contributed by atoms with Gasteiger partial charge in [-0.25, -0.2) is 4.79 Å². The summed E-state index contributed by atoms with van der Waals surface area (Å²) in [5.74, 6) is 0.830. The maximum atomic E-state index is 11.5. The predicted octanol–water partition coefficient (Wildman–Crippen LogP) is 3.50. The summed E-state index contributed by atoms with van der Waals surface area (Å²) in [6.45, 7) is 9.92. The van der Waals surface area contributed by atoms with Crippen LogP contribution >= 0.6 is 0 Å². The van der Waals surface area contributed by atoms with Crippen LogP contribution in [0, 0.1) is 0 Å². The first kappa shape index (κ1) is 15.3. The molecule has 0 aliphatic heterocycles. The largest absolute Gasteiger partial charge is 0.491 e. The van der Waals surface area contributed by atoms with Gasteiger partial charge in [0.2, 0.25) is 0 Å². The number of ether oxygens (including phenoxy) is 2. The molecule has 0 unspecified atom stereocenters. The number of rotatable bonds is 4. The Kier molecular flexibility index (Phi) is 5.21. The van der Waals surface area contributed by atoms with E-state index in [4.69, 9.17) is 9.47 Å². The predicted molar refractivity (Wildman–Crippen MR) is 75.3 cm³/mol. The third kappa shape index (κ3) is 6.70. The highest BCUT2D eigenvalue weighted by molar-refractivity contribution is 5.67. The van der Waals surface area contributed by atoms with Crippen LogP contribution in [0.4, 0.5) is 4.79 Å². The molecule has 0 spiro atoms. The molecule has 106 valence electrons. The highest BCUT2D eigenvalue weighted by Gasteiger charge is 2.15. The van der Waals surface area contributed by atoms with E-state index < -0.39 is 11.7 Å². The molecule has 0 atom stereocenters. The number of carbonyl (C=O) groups excluding carboxylic acids is 1. The van der Waals surface area contributed by atoms with Gasteiger partial charge in [-0.05, 0) is 52.3 Å². The fraction of sp³-hybridized carbons (Fsp3) is 0.533. The van der Waals surface area contributed by atoms with Crippen LogP contribution in [-0.2, 0) is 11.3 Å². The van der Waals surface area contributed by atoms with Crippen molar-refractivity contribution in [2.75, 3.05) is 0 Å². The van der Waals surface area contributed by atoms with E-state index in [0.29, 0.717) is 6.54 Å². The molecule has 1 rings (SSSR count). The zero-order chi connectivity index (χ0) is 14.5. The fourth-order valence-corrected chi connectivity index (χ4v) is 1.45. The van der Waals surface area contributed by atoms with Gasteiger partial charge >= 0.3 is 6.09 Å². The van der Waals surface area contributed by atoms with Crippen molar-refractivity contribution in [3.05, 3.63) is 29.8 Å². The summed E-state index contributed by atoms with van der Waals surface area (Å²) < 4.78 is 10.7. The second-order valence-electron chi connectivity index (χ2n) is 5.67. The van der Waals surface area contributed by atoms with E-state index in [9.17, 15) is 4.79 Å². The molecule has 0 bridgehead atoms. The first-order valence-electron chi connectivity index (χ1n) is 6.49. The molecule has 4 heteroatoms. The summed E-state index contributed by atoms with van der Waals surface area (Å²) in [6.07, 6.45) is -0.249. The van der Waals surface area contributed by atoms with E-state index in [0.717, 1.165) is 11.3 Å². The third-order valence-electron chi connectivity index (χ3n) is 2.13. The quantitative estimate of drug-likeness (QED) is 0.906. The molecule has 1 amide bonds. The van der Waals surface area contributed by atoms with Crippen LogP contribution in [0.1, 0.15) is 40.2 Å². The van der Waals surface area contributed by atoms with Crippen LogP contribution in [0.2, 0.25) is 0 Å². The number of carbonyl (C=O) groups is 1. The van der Waals surface area contributed by atoms with Crippen molar-refractivity contribution in [1.82, 2.24) is 5.32 Å². The molecule has 4 nitrogen and oxygen atoms in total. The second kappa shape index (κ2) is 6.45. The molecule has 0 saturated carbocycles. The van der Waals surface area contributed by atoms with Gasteiger partial charge in [-0.3, -0.25) is 0 Å². The molecule has 0 aliphatic carbocycles. The molecular formula is C15H23NO3. The summed E-state index contributed by atoms with van der Waals surface area (Å²) in [5.41, 5.74) is 0.529. The van der Waals surface area contributed by atoms with Gasteiger partial charge in [-0.1, -0.05) is 12.1 Å². The van der Waals surface area contributed by atoms with E-state index >= 15 is 0 Å². The standard InChI is InChI=1S/C15H23NO3/c1-11(2)18-13-8-6-12(7-9-13)10-16-14(17)19-15(3,4)5/h6-9,11H,10H2,1-5H3,(H,16,17). The third-order valence-corrected chi connectivity index (χ3v) is 2.13. The SMILES string of the molecule is CC(C)Oc1ccc(CNC(=O)OC(C)(C)C)cc1. The van der Waals surface area contributed by atoms with Gasteiger partial charge in [0.05, 0.1) is 6.10 Å². The van der Waals surface area contributed by atoms with Crippen LogP contribution in [0.15, 0.2) is 24.3 Å². The van der Waals surface area contributed by atoms with E-state index in [1.165, 1.54) is 0 Å². The monoisotopic (exact) mass is 265 g/mol. The van der Waals surface area contributed by atoms with Crippen LogP contribution in [0.5, 0.6) is 5.75 Å². The minimum atomic E-state index is -0.473. The lowest BCUT2D eigenvalue weighted by molar-refractivity contribution is 0.0523. The first-order chi connectivity index (χ1) is 8.76. The summed E-state index contributed by atoms with van der Waals surface area (Å²) in [5, 5.41) is 2.71. The lowest BCUT2D eigenvalue weighted by Crippen LogP contribution is -2.32. The molecule has 1 aromatic rings. The Labute approximate surface area is 115 Å². The number of amides is 1. The zero-order valence-electron chi connectivity index (χ0n) is 12.3. The van der Waals surface area contributed by atoms with E-state index in [2.05, 4.69) is 5.32 Å². The van der Waals surface area contributed by atoms with Gasteiger partial charge < -0.3 is 14.8 Å². The molecule has 0 aliphatic rings. The molecule has 0 radical (unpaired) electrons. The Hall–Kier alpha value is -1.71. The average molecular weight is 265 g/mol. The minimum Gasteiger partial charge on any atom is -0.491 e. The normalized spacial score (nSPS) is 11.3. The number of nitrogens with one attached hydrogen (secondary N) is 1. The van der Waals surface area contributed by atoms with Crippen LogP contribution in [0.3, 0.4) is 0 Å². The van der Waals surface area contributed by atoms with Crippen molar-refractivity contribution in [1.29, 1.82) is 0 Å². The molecule has 0 fully saturated rings. The van der Waals surface area contributed by atoms with Gasteiger partial charge in [0.25, 0.3) is 0 Å². The van der Waals surface area contributed by atoms with Crippen LogP contribution < -0.4 is 10.1 Å². The Balaban J connectivity index is 2.44. The lowest BCUT2D eigenvalue weighted by Gasteiger charge is -2.19. The van der Waals surface area contributed by atoms with Crippen molar-refractivity contribution < 1.29 is 14.3 Å². The van der Waals surface area contributed by atoms with Gasteiger partial charge in [-0.15, -0.1) is 0 Å². The molecular weight excluding hydrogens is 242 g/mol. The summed E-state index contributed by atoms with van der Waals surface area (Å²) in [7, 11) is 0. The molecule has 0 heterocycles. The Bertz CT molecular complexity index is 404. The molecule has 0 saturated heterocycles. The van der Waals surface area contributed by atoms with Gasteiger partial charge in [-0.2, -0.15) is 0 Å². The number of benzene rings is 1. The van der Waals surface area contributed by atoms with Crippen molar-refractivity contribution in [2.24, 2.45) is 0 Å². The van der Waals surface area contributed by atoms with Crippen LogP contribution in [0.25, 0.3) is 0 Å². The maximum Gasteiger partial charge on any atom is 0.407 e. The smallest absolute Gasteiger partial charge is 0.407 e. The van der Waals surface area contributed by atoms with Crippen molar-refractivity contribution >= 4 is 6.09 Å². The Morgan fingerprint density at radius 3 is 2.26 bits per heavy atom. The molecule has 19 heavy (non-hydrogen) atoms. The van der Waals surface area contributed by atoms with Crippen molar-refractivity contribution in [2.45, 2.75) is 52.9 Å². The van der Waals surface area contributed by atoms with Gasteiger partial charge in [0.1, 0.15) is 11.4 Å². The number of hydrogen-bond donors (Lipinski definition) is 1. The summed E-state index contributed by atoms with van der Waals surface area (Å²) >= 11 is 0. The van der Waals surface area contributed by atoms with Crippen molar-refractivity contribution in [3.63, 3.8) is 0 Å². The van der Waals surface area contributed by atoms with Gasteiger partial charge in [0, 0.05) is 6.54 Å². The van der Waals surface area contributed by atoms with Crippen molar-refractivity contribution in [3.8, 4) is 5.75 Å². The second-order valence-corrected chi connectivity index (χ2v) is 5.67. The summed E-state index contributed by atoms with van der Waals surface area (Å²) in [4.78, 5) is 11.5. The highest BCUT2D eigenvalue weighted by atomic mass is 16.6. The lowest BCUT2D eigenvalue weighted by atomic mass is 10.2. The minimum absolute atomic E-state index is 0.158. The highest BCUT2D eigenvalue weighted by Crippen LogP contribution is 2.14. The topological polar surface area (TPSA) is 47.6 Å². The molecule has 1 N–H and O–H groups in total. The number of hydrogen-bond acceptors (Lipinski definition) is 3. The van der Waals surface area contributed by atoms with E-state index in [1.54, 1.807) is 0 Å². The number of alkyl carbamates (subject to hydrolysis) is 1. The molecule has 0 aromatic heterocycles. The fourth-order valence-electron chi connectivity index (χ4n) is 1.45. The Morgan fingerprint density at radius 2 is 1.79 bits per heavy atom. The first-order valence-corrected chi connectivity index (χ1v) is 6.49. The molecule has 1 aromatic carbocycles.